The Morgan fingerprint density at radius 1 is 0.850 bits per heavy atom. The predicted octanol–water partition coefficient (Wildman–Crippen LogP) is 1.98. The molecule has 0 aliphatic heterocycles. The third kappa shape index (κ3) is 8.57. The number of fused-ring (bicyclic) bond motifs is 1. The lowest BCUT2D eigenvalue weighted by atomic mass is 10.0. The normalized spacial score (nSPS) is 13.5. The number of aliphatic hydroxyl groups is 1. The van der Waals surface area contributed by atoms with E-state index in [4.69, 9.17) is 9.47 Å². The zero-order valence-corrected chi connectivity index (χ0v) is 23.0. The van der Waals surface area contributed by atoms with E-state index in [1.54, 1.807) is 51.2 Å². The molecule has 0 bridgehead atoms. The van der Waals surface area contributed by atoms with Gasteiger partial charge in [-0.05, 0) is 38.0 Å². The molecule has 0 unspecified atom stereocenters. The summed E-state index contributed by atoms with van der Waals surface area (Å²) in [6, 6.07) is 13.0. The van der Waals surface area contributed by atoms with Gasteiger partial charge in [-0.15, -0.1) is 0 Å². The minimum atomic E-state index is -1.37. The maximum absolute atomic E-state index is 13.5. The molecule has 3 aromatic rings. The van der Waals surface area contributed by atoms with E-state index in [0.717, 1.165) is 22.0 Å². The number of H-pyrrole nitrogens is 1. The van der Waals surface area contributed by atoms with Gasteiger partial charge in [-0.1, -0.05) is 48.5 Å². The SMILES string of the molecule is COC(=O)[C@H](Cc1c[nH]c2ccccc12)NC(=O)[C@H](Cc1ccccc1)NC(=O)[C@H](CO)NC(=O)OC(C)(C)C. The topological polar surface area (TPSA) is 159 Å². The molecule has 0 spiro atoms. The third-order valence-corrected chi connectivity index (χ3v) is 6.01. The van der Waals surface area contributed by atoms with Crippen molar-refractivity contribution in [3.8, 4) is 0 Å². The molecule has 3 atom stereocenters. The molecule has 5 N–H and O–H groups in total. The van der Waals surface area contributed by atoms with Gasteiger partial charge in [0.2, 0.25) is 11.8 Å². The summed E-state index contributed by atoms with van der Waals surface area (Å²) in [5.41, 5.74) is 1.62. The zero-order chi connectivity index (χ0) is 29.3. The highest BCUT2D eigenvalue weighted by Crippen LogP contribution is 2.19. The Morgan fingerprint density at radius 2 is 1.48 bits per heavy atom. The summed E-state index contributed by atoms with van der Waals surface area (Å²) in [4.78, 5) is 54.6. The molecule has 3 amide bonds. The number of benzene rings is 2. The van der Waals surface area contributed by atoms with Gasteiger partial charge in [-0.2, -0.15) is 0 Å². The predicted molar refractivity (Wildman–Crippen MR) is 148 cm³/mol. The quantitative estimate of drug-likeness (QED) is 0.228. The molecular formula is C29H36N4O7. The van der Waals surface area contributed by atoms with Gasteiger partial charge in [0.1, 0.15) is 23.7 Å². The molecule has 0 fully saturated rings. The Balaban J connectivity index is 1.79. The first-order valence-corrected chi connectivity index (χ1v) is 12.9. The summed E-state index contributed by atoms with van der Waals surface area (Å²) in [6.07, 6.45) is 1.11. The van der Waals surface area contributed by atoms with E-state index in [9.17, 15) is 24.3 Å². The largest absolute Gasteiger partial charge is 0.467 e. The van der Waals surface area contributed by atoms with E-state index in [1.165, 1.54) is 7.11 Å². The molecule has 3 rings (SSSR count). The first-order valence-electron chi connectivity index (χ1n) is 12.9. The van der Waals surface area contributed by atoms with Crippen LogP contribution < -0.4 is 16.0 Å². The standard InChI is InChI=1S/C29H36N4O7/c1-29(2,3)40-28(38)33-24(17-34)26(36)31-22(14-18-10-6-5-7-11-18)25(35)32-23(27(37)39-4)15-19-16-30-21-13-9-8-12-20(19)21/h5-13,16,22-24,30,34H,14-15,17H2,1-4H3,(H,31,36)(H,32,35)(H,33,38)/t22-,23-,24-/m0/s1. The number of aliphatic hydroxyl groups excluding tert-OH is 1. The average molecular weight is 553 g/mol. The molecule has 11 nitrogen and oxygen atoms in total. The van der Waals surface area contributed by atoms with Crippen LogP contribution in [0.5, 0.6) is 0 Å². The molecule has 11 heteroatoms. The molecule has 0 saturated carbocycles. The lowest BCUT2D eigenvalue weighted by Crippen LogP contribution is -2.57. The second kappa shape index (κ2) is 13.6. The van der Waals surface area contributed by atoms with Crippen LogP contribution in [0.25, 0.3) is 10.9 Å². The van der Waals surface area contributed by atoms with Crippen LogP contribution in [-0.2, 0) is 36.7 Å². The summed E-state index contributed by atoms with van der Waals surface area (Å²) < 4.78 is 10.1. The highest BCUT2D eigenvalue weighted by molar-refractivity contribution is 5.93. The first-order chi connectivity index (χ1) is 19.0. The number of hydrogen-bond donors (Lipinski definition) is 5. The number of methoxy groups -OCH3 is 1. The summed E-state index contributed by atoms with van der Waals surface area (Å²) in [6.45, 7) is 4.26. The van der Waals surface area contributed by atoms with E-state index < -0.39 is 54.2 Å². The fourth-order valence-corrected chi connectivity index (χ4v) is 4.10. The number of esters is 1. The van der Waals surface area contributed by atoms with Crippen LogP contribution in [0.2, 0.25) is 0 Å². The molecule has 2 aromatic carbocycles. The smallest absolute Gasteiger partial charge is 0.408 e. The Hall–Kier alpha value is -4.38. The summed E-state index contributed by atoms with van der Waals surface area (Å²) in [7, 11) is 1.23. The van der Waals surface area contributed by atoms with Crippen molar-refractivity contribution in [2.24, 2.45) is 0 Å². The minimum Gasteiger partial charge on any atom is -0.467 e. The van der Waals surface area contributed by atoms with Crippen LogP contribution in [0, 0.1) is 0 Å². The first kappa shape index (κ1) is 30.2. The molecule has 40 heavy (non-hydrogen) atoms. The van der Waals surface area contributed by atoms with Crippen LogP contribution in [0.1, 0.15) is 31.9 Å². The number of rotatable bonds is 11. The second-order valence-electron chi connectivity index (χ2n) is 10.3. The number of alkyl carbamates (subject to hydrolysis) is 1. The number of aromatic amines is 1. The monoisotopic (exact) mass is 552 g/mol. The van der Waals surface area contributed by atoms with Crippen LogP contribution >= 0.6 is 0 Å². The number of amides is 3. The highest BCUT2D eigenvalue weighted by atomic mass is 16.6. The maximum Gasteiger partial charge on any atom is 0.408 e. The van der Waals surface area contributed by atoms with Gasteiger partial charge >= 0.3 is 12.1 Å². The third-order valence-electron chi connectivity index (χ3n) is 6.01. The number of ether oxygens (including phenoxy) is 2. The van der Waals surface area contributed by atoms with Gasteiger partial charge in [0, 0.05) is 29.9 Å². The van der Waals surface area contributed by atoms with Crippen LogP contribution in [0.3, 0.4) is 0 Å². The van der Waals surface area contributed by atoms with Crippen LogP contribution in [0.4, 0.5) is 4.79 Å². The lowest BCUT2D eigenvalue weighted by Gasteiger charge is -2.25. The van der Waals surface area contributed by atoms with Crippen molar-refractivity contribution in [2.75, 3.05) is 13.7 Å². The molecule has 0 aliphatic carbocycles. The van der Waals surface area contributed by atoms with E-state index >= 15 is 0 Å². The summed E-state index contributed by atoms with van der Waals surface area (Å²) >= 11 is 0. The minimum absolute atomic E-state index is 0.0873. The molecule has 0 aliphatic rings. The number of carbonyl (C=O) groups excluding carboxylic acids is 4. The van der Waals surface area contributed by atoms with E-state index in [2.05, 4.69) is 20.9 Å². The second-order valence-corrected chi connectivity index (χ2v) is 10.3. The number of hydrogen-bond acceptors (Lipinski definition) is 7. The Kier molecular flexibility index (Phi) is 10.3. The number of para-hydroxylation sites is 1. The van der Waals surface area contributed by atoms with Crippen molar-refractivity contribution >= 4 is 34.8 Å². The van der Waals surface area contributed by atoms with Crippen molar-refractivity contribution in [1.82, 2.24) is 20.9 Å². The number of nitrogens with one attached hydrogen (secondary N) is 4. The van der Waals surface area contributed by atoms with Crippen molar-refractivity contribution in [1.29, 1.82) is 0 Å². The van der Waals surface area contributed by atoms with E-state index in [1.807, 2.05) is 30.3 Å². The van der Waals surface area contributed by atoms with E-state index in [-0.39, 0.29) is 12.8 Å². The molecule has 0 saturated heterocycles. The van der Waals surface area contributed by atoms with Gasteiger partial charge < -0.3 is 35.5 Å². The Bertz CT molecular complexity index is 1320. The van der Waals surface area contributed by atoms with E-state index in [0.29, 0.717) is 0 Å². The summed E-state index contributed by atoms with van der Waals surface area (Å²) in [5.74, 6) is -2.08. The van der Waals surface area contributed by atoms with Gasteiger partial charge in [0.15, 0.2) is 0 Å². The van der Waals surface area contributed by atoms with Crippen molar-refractivity contribution in [3.63, 3.8) is 0 Å². The Labute approximate surface area is 232 Å². The fourth-order valence-electron chi connectivity index (χ4n) is 4.10. The Morgan fingerprint density at radius 3 is 2.12 bits per heavy atom. The number of carbonyl (C=O) groups is 4. The summed E-state index contributed by atoms with van der Waals surface area (Å²) in [5, 5.41) is 18.3. The molecule has 1 heterocycles. The zero-order valence-electron chi connectivity index (χ0n) is 23.0. The van der Waals surface area contributed by atoms with Gasteiger partial charge in [0.05, 0.1) is 13.7 Å². The number of aromatic nitrogens is 1. The van der Waals surface area contributed by atoms with Crippen molar-refractivity contribution in [3.05, 3.63) is 71.9 Å². The molecule has 0 radical (unpaired) electrons. The van der Waals surface area contributed by atoms with Crippen LogP contribution in [0.15, 0.2) is 60.8 Å². The lowest BCUT2D eigenvalue weighted by molar-refractivity contribution is -0.145. The fraction of sp³-hybridized carbons (Fsp3) is 0.379. The maximum atomic E-state index is 13.5. The molecular weight excluding hydrogens is 516 g/mol. The van der Waals surface area contributed by atoms with Crippen LogP contribution in [-0.4, -0.2) is 71.4 Å². The molecule has 1 aromatic heterocycles. The van der Waals surface area contributed by atoms with Gasteiger partial charge in [-0.3, -0.25) is 9.59 Å². The van der Waals surface area contributed by atoms with Crippen molar-refractivity contribution < 1.29 is 33.8 Å². The molecule has 214 valence electrons. The van der Waals surface area contributed by atoms with Crippen molar-refractivity contribution in [2.45, 2.75) is 57.3 Å². The average Bonchev–Trinajstić information content (AvgIpc) is 3.32. The van der Waals surface area contributed by atoms with Gasteiger partial charge in [0.25, 0.3) is 0 Å². The van der Waals surface area contributed by atoms with Gasteiger partial charge in [-0.25, -0.2) is 9.59 Å². The highest BCUT2D eigenvalue weighted by Gasteiger charge is 2.31.